The van der Waals surface area contributed by atoms with E-state index >= 15 is 0 Å². The van der Waals surface area contributed by atoms with Crippen molar-refractivity contribution in [2.45, 2.75) is 11.8 Å². The van der Waals surface area contributed by atoms with Crippen LogP contribution in [-0.4, -0.2) is 22.7 Å². The molecule has 0 aromatic heterocycles. The molecule has 1 aromatic carbocycles. The van der Waals surface area contributed by atoms with Gasteiger partial charge in [0.2, 0.25) is 5.91 Å². The summed E-state index contributed by atoms with van der Waals surface area (Å²) in [6, 6.07) is 3.31. The molecular formula is C10H9NO3S. The zero-order valence-corrected chi connectivity index (χ0v) is 8.85. The van der Waals surface area contributed by atoms with Gasteiger partial charge in [0.25, 0.3) is 0 Å². The first-order valence-corrected chi connectivity index (χ1v) is 5.37. The Hall–Kier alpha value is -1.49. The molecular weight excluding hydrogens is 214 g/mol. The molecule has 78 valence electrons. The first-order chi connectivity index (χ1) is 7.08. The molecule has 0 fully saturated rings. The van der Waals surface area contributed by atoms with Crippen molar-refractivity contribution in [1.82, 2.24) is 0 Å². The van der Waals surface area contributed by atoms with Gasteiger partial charge >= 0.3 is 5.97 Å². The van der Waals surface area contributed by atoms with E-state index in [9.17, 15) is 9.59 Å². The number of anilines is 1. The number of carbonyl (C=O) groups is 2. The lowest BCUT2D eigenvalue weighted by Crippen LogP contribution is -2.19. The quantitative estimate of drug-likeness (QED) is 0.761. The minimum atomic E-state index is -0.972. The molecule has 1 aliphatic rings. The highest BCUT2D eigenvalue weighted by atomic mass is 32.2. The molecule has 1 aromatic rings. The number of carboxylic acids is 1. The Balaban J connectivity index is 2.51. The average molecular weight is 223 g/mol. The van der Waals surface area contributed by atoms with E-state index in [0.29, 0.717) is 17.0 Å². The average Bonchev–Trinajstić information content (AvgIpc) is 2.17. The first-order valence-electron chi connectivity index (χ1n) is 4.38. The van der Waals surface area contributed by atoms with Crippen molar-refractivity contribution >= 4 is 29.3 Å². The molecule has 15 heavy (non-hydrogen) atoms. The number of aromatic carboxylic acids is 1. The van der Waals surface area contributed by atoms with Gasteiger partial charge in [-0.15, -0.1) is 11.8 Å². The SMILES string of the molecule is Cc1cc2c(cc1C(=O)O)NC(=O)CS2. The van der Waals surface area contributed by atoms with Gasteiger partial charge < -0.3 is 10.4 Å². The predicted molar refractivity (Wildman–Crippen MR) is 57.5 cm³/mol. The Morgan fingerprint density at radius 3 is 2.93 bits per heavy atom. The van der Waals surface area contributed by atoms with E-state index in [1.165, 1.54) is 17.8 Å². The van der Waals surface area contributed by atoms with Crippen LogP contribution < -0.4 is 5.32 Å². The number of benzene rings is 1. The molecule has 0 spiro atoms. The number of thioether (sulfide) groups is 1. The minimum absolute atomic E-state index is 0.0901. The van der Waals surface area contributed by atoms with Crippen LogP contribution in [0.2, 0.25) is 0 Å². The smallest absolute Gasteiger partial charge is 0.336 e. The van der Waals surface area contributed by atoms with Gasteiger partial charge in [0.15, 0.2) is 0 Å². The maximum Gasteiger partial charge on any atom is 0.336 e. The van der Waals surface area contributed by atoms with Crippen LogP contribution in [0.3, 0.4) is 0 Å². The third-order valence-electron chi connectivity index (χ3n) is 2.19. The van der Waals surface area contributed by atoms with Crippen LogP contribution in [0.1, 0.15) is 15.9 Å². The molecule has 4 nitrogen and oxygen atoms in total. The van der Waals surface area contributed by atoms with E-state index in [4.69, 9.17) is 5.11 Å². The first kappa shape index (κ1) is 10.0. The van der Waals surface area contributed by atoms with Crippen molar-refractivity contribution in [2.75, 3.05) is 11.1 Å². The number of hydrogen-bond acceptors (Lipinski definition) is 3. The number of fused-ring (bicyclic) bond motifs is 1. The van der Waals surface area contributed by atoms with Crippen molar-refractivity contribution in [3.8, 4) is 0 Å². The van der Waals surface area contributed by atoms with Gasteiger partial charge in [-0.05, 0) is 24.6 Å². The largest absolute Gasteiger partial charge is 0.478 e. The van der Waals surface area contributed by atoms with Crippen molar-refractivity contribution in [3.05, 3.63) is 23.3 Å². The van der Waals surface area contributed by atoms with Gasteiger partial charge in [0, 0.05) is 4.90 Å². The molecule has 5 heteroatoms. The van der Waals surface area contributed by atoms with E-state index in [1.807, 2.05) is 0 Å². The van der Waals surface area contributed by atoms with Crippen LogP contribution >= 0.6 is 11.8 Å². The fraction of sp³-hybridized carbons (Fsp3) is 0.200. The summed E-state index contributed by atoms with van der Waals surface area (Å²) in [5.41, 5.74) is 1.54. The molecule has 0 aliphatic carbocycles. The molecule has 0 radical (unpaired) electrons. The topological polar surface area (TPSA) is 66.4 Å². The lowest BCUT2D eigenvalue weighted by atomic mass is 10.1. The van der Waals surface area contributed by atoms with Crippen molar-refractivity contribution in [3.63, 3.8) is 0 Å². The fourth-order valence-corrected chi connectivity index (χ4v) is 2.34. The summed E-state index contributed by atoms with van der Waals surface area (Å²) in [5, 5.41) is 11.6. The molecule has 0 saturated heterocycles. The van der Waals surface area contributed by atoms with E-state index in [1.54, 1.807) is 13.0 Å². The summed E-state index contributed by atoms with van der Waals surface area (Å²) >= 11 is 1.43. The number of carbonyl (C=O) groups excluding carboxylic acids is 1. The van der Waals surface area contributed by atoms with Crippen LogP contribution in [0.15, 0.2) is 17.0 Å². The molecule has 1 aliphatic heterocycles. The van der Waals surface area contributed by atoms with E-state index in [0.717, 1.165) is 4.90 Å². The summed E-state index contributed by atoms with van der Waals surface area (Å²) in [6.07, 6.45) is 0. The molecule has 1 heterocycles. The van der Waals surface area contributed by atoms with Gasteiger partial charge in [0.05, 0.1) is 17.0 Å². The number of hydrogen-bond donors (Lipinski definition) is 2. The molecule has 1 amide bonds. The fourth-order valence-electron chi connectivity index (χ4n) is 1.46. The normalized spacial score (nSPS) is 14.3. The maximum atomic E-state index is 11.1. The molecule has 0 saturated carbocycles. The van der Waals surface area contributed by atoms with Crippen LogP contribution in [0.25, 0.3) is 0 Å². The van der Waals surface area contributed by atoms with E-state index in [2.05, 4.69) is 5.32 Å². The molecule has 0 atom stereocenters. The Bertz CT molecular complexity index is 456. The van der Waals surface area contributed by atoms with Crippen LogP contribution in [0.5, 0.6) is 0 Å². The Labute approximate surface area is 90.7 Å². The molecule has 0 bridgehead atoms. The molecule has 2 N–H and O–H groups in total. The zero-order valence-electron chi connectivity index (χ0n) is 8.03. The minimum Gasteiger partial charge on any atom is -0.478 e. The van der Waals surface area contributed by atoms with Gasteiger partial charge in [-0.2, -0.15) is 0 Å². The van der Waals surface area contributed by atoms with Crippen molar-refractivity contribution in [2.24, 2.45) is 0 Å². The van der Waals surface area contributed by atoms with Gasteiger partial charge in [-0.3, -0.25) is 4.79 Å². The highest BCUT2D eigenvalue weighted by Crippen LogP contribution is 2.33. The Kier molecular flexibility index (Phi) is 2.40. The lowest BCUT2D eigenvalue weighted by Gasteiger charge is -2.17. The highest BCUT2D eigenvalue weighted by molar-refractivity contribution is 8.00. The third-order valence-corrected chi connectivity index (χ3v) is 3.25. The second-order valence-corrected chi connectivity index (χ2v) is 4.32. The maximum absolute atomic E-state index is 11.1. The summed E-state index contributed by atoms with van der Waals surface area (Å²) < 4.78 is 0. The monoisotopic (exact) mass is 223 g/mol. The number of aryl methyl sites for hydroxylation is 1. The number of rotatable bonds is 1. The summed E-state index contributed by atoms with van der Waals surface area (Å²) in [5.74, 6) is -0.674. The second-order valence-electron chi connectivity index (χ2n) is 3.31. The highest BCUT2D eigenvalue weighted by Gasteiger charge is 2.18. The van der Waals surface area contributed by atoms with Crippen molar-refractivity contribution < 1.29 is 14.7 Å². The van der Waals surface area contributed by atoms with E-state index in [-0.39, 0.29) is 11.5 Å². The lowest BCUT2D eigenvalue weighted by molar-refractivity contribution is -0.113. The Morgan fingerprint density at radius 2 is 2.27 bits per heavy atom. The van der Waals surface area contributed by atoms with Crippen molar-refractivity contribution in [1.29, 1.82) is 0 Å². The molecule has 2 rings (SSSR count). The van der Waals surface area contributed by atoms with Crippen LogP contribution in [0.4, 0.5) is 5.69 Å². The number of carboxylic acid groups (broad SMARTS) is 1. The standard InChI is InChI=1S/C10H9NO3S/c1-5-2-8-7(3-6(5)10(13)14)11-9(12)4-15-8/h2-3H,4H2,1H3,(H,11,12)(H,13,14). The molecule has 0 unspecified atom stereocenters. The third kappa shape index (κ3) is 1.83. The predicted octanol–water partition coefficient (Wildman–Crippen LogP) is 1.74. The van der Waals surface area contributed by atoms with Crippen LogP contribution in [-0.2, 0) is 4.79 Å². The van der Waals surface area contributed by atoms with Gasteiger partial charge in [-0.1, -0.05) is 0 Å². The van der Waals surface area contributed by atoms with Gasteiger partial charge in [0.1, 0.15) is 0 Å². The van der Waals surface area contributed by atoms with Crippen LogP contribution in [0, 0.1) is 6.92 Å². The number of nitrogens with one attached hydrogen (secondary N) is 1. The van der Waals surface area contributed by atoms with Gasteiger partial charge in [-0.25, -0.2) is 4.79 Å². The second kappa shape index (κ2) is 3.58. The zero-order chi connectivity index (χ0) is 11.0. The summed E-state index contributed by atoms with van der Waals surface area (Å²) in [4.78, 5) is 22.9. The number of amides is 1. The van der Waals surface area contributed by atoms with E-state index < -0.39 is 5.97 Å². The Morgan fingerprint density at radius 1 is 1.53 bits per heavy atom. The summed E-state index contributed by atoms with van der Waals surface area (Å²) in [6.45, 7) is 1.75. The summed E-state index contributed by atoms with van der Waals surface area (Å²) in [7, 11) is 0.